The molecule has 5 heteroatoms. The average Bonchev–Trinajstić information content (AvgIpc) is 2.98. The largest absolute Gasteiger partial charge is 0.346 e. The first-order valence-corrected chi connectivity index (χ1v) is 9.82. The Morgan fingerprint density at radius 1 is 1.09 bits per heavy atom. The summed E-state index contributed by atoms with van der Waals surface area (Å²) in [5.74, 6) is -0.720. The van der Waals surface area contributed by atoms with Gasteiger partial charge in [0.1, 0.15) is 5.75 Å². The molecular formula is C17H23NO3S. The maximum Gasteiger partial charge on any atom is 0.235 e. The van der Waals surface area contributed by atoms with Crippen LogP contribution in [-0.4, -0.2) is 25.3 Å². The third kappa shape index (κ3) is 3.05. The van der Waals surface area contributed by atoms with Gasteiger partial charge >= 0.3 is 0 Å². The first-order chi connectivity index (χ1) is 10.5. The summed E-state index contributed by atoms with van der Waals surface area (Å²) in [5, 5.41) is 2.69. The number of sulfone groups is 1. The van der Waals surface area contributed by atoms with E-state index in [9.17, 15) is 13.2 Å². The number of hydrogen-bond donors (Lipinski definition) is 1. The van der Waals surface area contributed by atoms with Crippen molar-refractivity contribution in [3.8, 4) is 0 Å². The summed E-state index contributed by atoms with van der Waals surface area (Å²) in [7, 11) is -3.31. The molecule has 22 heavy (non-hydrogen) atoms. The van der Waals surface area contributed by atoms with Crippen molar-refractivity contribution < 1.29 is 13.2 Å². The maximum absolute atomic E-state index is 12.3. The van der Waals surface area contributed by atoms with Crippen LogP contribution in [0.4, 0.5) is 0 Å². The summed E-state index contributed by atoms with van der Waals surface area (Å²) in [6.45, 7) is 0. The molecule has 120 valence electrons. The highest BCUT2D eigenvalue weighted by Gasteiger charge is 2.41. The highest BCUT2D eigenvalue weighted by atomic mass is 32.2. The lowest BCUT2D eigenvalue weighted by Gasteiger charge is -2.43. The predicted molar refractivity (Wildman–Crippen MR) is 86.2 cm³/mol. The predicted octanol–water partition coefficient (Wildman–Crippen LogP) is 2.54. The van der Waals surface area contributed by atoms with Gasteiger partial charge in [-0.25, -0.2) is 8.42 Å². The van der Waals surface area contributed by atoms with Gasteiger partial charge in [-0.1, -0.05) is 43.2 Å². The van der Waals surface area contributed by atoms with E-state index in [1.807, 2.05) is 30.3 Å². The highest BCUT2D eigenvalue weighted by molar-refractivity contribution is 7.92. The lowest BCUT2D eigenvalue weighted by molar-refractivity contribution is -0.121. The van der Waals surface area contributed by atoms with Crippen molar-refractivity contribution in [3.05, 3.63) is 35.9 Å². The molecule has 0 unspecified atom stereocenters. The van der Waals surface area contributed by atoms with E-state index in [1.54, 1.807) is 0 Å². The Balaban J connectivity index is 1.68. The lowest BCUT2D eigenvalue weighted by atomic mass is 9.72. The third-order valence-electron chi connectivity index (χ3n) is 5.05. The van der Waals surface area contributed by atoms with Gasteiger partial charge in [-0.15, -0.1) is 0 Å². The molecule has 1 amide bonds. The summed E-state index contributed by atoms with van der Waals surface area (Å²) in [6.07, 6.45) is 6.15. The molecule has 0 radical (unpaired) electrons. The molecule has 0 bridgehead atoms. The van der Waals surface area contributed by atoms with Crippen LogP contribution in [0, 0.1) is 0 Å². The van der Waals surface area contributed by atoms with Gasteiger partial charge in [-0.2, -0.15) is 0 Å². The topological polar surface area (TPSA) is 63.2 Å². The summed E-state index contributed by atoms with van der Waals surface area (Å²) in [6, 6.07) is 9.87. The zero-order chi connectivity index (χ0) is 15.6. The minimum absolute atomic E-state index is 0.313. The van der Waals surface area contributed by atoms with E-state index >= 15 is 0 Å². The normalized spacial score (nSPS) is 21.3. The zero-order valence-electron chi connectivity index (χ0n) is 12.8. The molecule has 3 rings (SSSR count). The smallest absolute Gasteiger partial charge is 0.235 e. The monoisotopic (exact) mass is 321 g/mol. The molecule has 0 aromatic heterocycles. The van der Waals surface area contributed by atoms with Crippen molar-refractivity contribution in [2.75, 3.05) is 5.75 Å². The molecule has 2 saturated carbocycles. The van der Waals surface area contributed by atoms with Crippen molar-refractivity contribution in [3.63, 3.8) is 0 Å². The summed E-state index contributed by atoms with van der Waals surface area (Å²) in [5.41, 5.74) is 0.719. The Kier molecular flexibility index (Phi) is 4.26. The van der Waals surface area contributed by atoms with E-state index in [0.29, 0.717) is 12.8 Å². The van der Waals surface area contributed by atoms with E-state index in [1.165, 1.54) is 0 Å². The maximum atomic E-state index is 12.3. The zero-order valence-corrected chi connectivity index (χ0v) is 13.6. The second-order valence-corrected chi connectivity index (χ2v) is 8.84. The molecule has 0 spiro atoms. The fraction of sp³-hybridized carbons (Fsp3) is 0.588. The first-order valence-electron chi connectivity index (χ1n) is 8.10. The quantitative estimate of drug-likeness (QED) is 0.906. The third-order valence-corrected chi connectivity index (χ3v) is 7.21. The van der Waals surface area contributed by atoms with Gasteiger partial charge in [0.25, 0.3) is 0 Å². The lowest BCUT2D eigenvalue weighted by Crippen LogP contribution is -2.52. The SMILES string of the molecule is O=C(CS(=O)(=O)C1CCCC1)NC1(c2ccccc2)CCC1. The van der Waals surface area contributed by atoms with Gasteiger partial charge in [0, 0.05) is 0 Å². The van der Waals surface area contributed by atoms with E-state index in [4.69, 9.17) is 0 Å². The molecule has 2 aliphatic rings. The highest BCUT2D eigenvalue weighted by Crippen LogP contribution is 2.41. The van der Waals surface area contributed by atoms with Gasteiger partial charge in [0.05, 0.1) is 10.8 Å². The molecule has 2 fully saturated rings. The van der Waals surface area contributed by atoms with Crippen LogP contribution in [0.2, 0.25) is 0 Å². The Morgan fingerprint density at radius 2 is 1.73 bits per heavy atom. The van der Waals surface area contributed by atoms with Crippen LogP contribution in [0.3, 0.4) is 0 Å². The Hall–Kier alpha value is -1.36. The standard InChI is InChI=1S/C17H23NO3S/c19-16(13-22(20,21)15-9-4-5-10-15)18-17(11-6-12-17)14-7-2-1-3-8-14/h1-3,7-8,15H,4-6,9-13H2,(H,18,19). The number of carbonyl (C=O) groups excluding carboxylic acids is 1. The number of nitrogens with one attached hydrogen (secondary N) is 1. The average molecular weight is 321 g/mol. The van der Waals surface area contributed by atoms with Crippen LogP contribution < -0.4 is 5.32 Å². The molecule has 0 atom stereocenters. The fourth-order valence-electron chi connectivity index (χ4n) is 3.62. The summed E-state index contributed by atoms with van der Waals surface area (Å²) < 4.78 is 24.6. The summed E-state index contributed by atoms with van der Waals surface area (Å²) in [4.78, 5) is 12.3. The molecular weight excluding hydrogens is 298 g/mol. The van der Waals surface area contributed by atoms with E-state index in [2.05, 4.69) is 5.32 Å². The van der Waals surface area contributed by atoms with E-state index in [-0.39, 0.29) is 22.4 Å². The molecule has 0 aliphatic heterocycles. The van der Waals surface area contributed by atoms with Gasteiger partial charge in [0.2, 0.25) is 5.91 Å². The first kappa shape index (κ1) is 15.5. The molecule has 1 aromatic rings. The van der Waals surface area contributed by atoms with E-state index < -0.39 is 9.84 Å². The van der Waals surface area contributed by atoms with Crippen molar-refractivity contribution in [2.45, 2.75) is 55.7 Å². The molecule has 4 nitrogen and oxygen atoms in total. The van der Waals surface area contributed by atoms with Crippen LogP contribution in [0.5, 0.6) is 0 Å². The Morgan fingerprint density at radius 3 is 2.27 bits per heavy atom. The van der Waals surface area contributed by atoms with Crippen LogP contribution in [-0.2, 0) is 20.2 Å². The van der Waals surface area contributed by atoms with Crippen molar-refractivity contribution >= 4 is 15.7 Å². The second kappa shape index (κ2) is 6.03. The molecule has 2 aliphatic carbocycles. The number of amides is 1. The molecule has 1 aromatic carbocycles. The van der Waals surface area contributed by atoms with Crippen LogP contribution >= 0.6 is 0 Å². The van der Waals surface area contributed by atoms with Crippen molar-refractivity contribution in [1.82, 2.24) is 5.32 Å². The minimum Gasteiger partial charge on any atom is -0.346 e. The van der Waals surface area contributed by atoms with Gasteiger partial charge < -0.3 is 5.32 Å². The molecule has 0 saturated heterocycles. The molecule has 1 N–H and O–H groups in total. The number of carbonyl (C=O) groups is 1. The number of rotatable bonds is 5. The van der Waals surface area contributed by atoms with E-state index in [0.717, 1.165) is 37.7 Å². The van der Waals surface area contributed by atoms with Crippen LogP contribution in [0.1, 0.15) is 50.5 Å². The van der Waals surface area contributed by atoms with Gasteiger partial charge in [0.15, 0.2) is 9.84 Å². The van der Waals surface area contributed by atoms with Crippen molar-refractivity contribution in [2.24, 2.45) is 0 Å². The summed E-state index contributed by atoms with van der Waals surface area (Å²) >= 11 is 0. The molecule has 0 heterocycles. The fourth-order valence-corrected chi connectivity index (χ4v) is 5.35. The Bertz CT molecular complexity index is 629. The number of benzene rings is 1. The van der Waals surface area contributed by atoms with Crippen LogP contribution in [0.25, 0.3) is 0 Å². The second-order valence-electron chi connectivity index (χ2n) is 6.56. The van der Waals surface area contributed by atoms with Crippen LogP contribution in [0.15, 0.2) is 30.3 Å². The Labute approximate surface area is 132 Å². The minimum atomic E-state index is -3.31. The van der Waals surface area contributed by atoms with Gasteiger partial charge in [-0.05, 0) is 37.7 Å². The van der Waals surface area contributed by atoms with Crippen molar-refractivity contribution in [1.29, 1.82) is 0 Å². The number of hydrogen-bond acceptors (Lipinski definition) is 3. The van der Waals surface area contributed by atoms with Gasteiger partial charge in [-0.3, -0.25) is 4.79 Å².